The van der Waals surface area contributed by atoms with Gasteiger partial charge in [0.05, 0.1) is 12.2 Å². The van der Waals surface area contributed by atoms with Crippen LogP contribution in [0.4, 0.5) is 0 Å². The van der Waals surface area contributed by atoms with E-state index in [0.29, 0.717) is 13.1 Å². The van der Waals surface area contributed by atoms with Crippen molar-refractivity contribution < 1.29 is 15.3 Å². The Morgan fingerprint density at radius 3 is 0.985 bits per heavy atom. The summed E-state index contributed by atoms with van der Waals surface area (Å²) in [5, 5.41) is 33.1. The molecule has 3 atom stereocenters. The summed E-state index contributed by atoms with van der Waals surface area (Å²) < 4.78 is 0. The zero-order chi connectivity index (χ0) is 47.6. The Bertz CT molecular complexity index is 890. The maximum absolute atomic E-state index is 11.1. The minimum atomic E-state index is -0.301. The topological polar surface area (TPSA) is 70.4 Å². The fraction of sp³-hybridized carbons (Fsp3) is 1.00. The van der Waals surface area contributed by atoms with Crippen molar-refractivity contribution in [1.29, 1.82) is 0 Å². The third-order valence-electron chi connectivity index (χ3n) is 14.7. The minimum Gasteiger partial charge on any atom is -0.392 e. The highest BCUT2D eigenvalue weighted by Crippen LogP contribution is 2.23. The van der Waals surface area contributed by atoms with Crippen LogP contribution in [0.25, 0.3) is 0 Å². The summed E-state index contributed by atoms with van der Waals surface area (Å²) in [5.74, 6) is 2.15. The van der Waals surface area contributed by atoms with Crippen LogP contribution in [0.3, 0.4) is 0 Å². The molecule has 3 unspecified atom stereocenters. The lowest BCUT2D eigenvalue weighted by Crippen LogP contribution is -2.50. The monoisotopic (exact) mass is 970 g/mol. The van der Waals surface area contributed by atoms with Crippen molar-refractivity contribution in [2.45, 2.75) is 309 Å². The molecule has 0 bridgehead atoms. The van der Waals surface area contributed by atoms with Crippen LogP contribution in [0.1, 0.15) is 290 Å². The molecule has 0 aliphatic carbocycles. The third-order valence-corrected chi connectivity index (χ3v) is 17.0. The fourth-order valence-corrected chi connectivity index (χ4v) is 12.1. The molecule has 0 saturated carbocycles. The SMILES string of the molecule is CCCCCCCCCCCCCCCC(O)CN(CCSSCCN1CCN(C(O)CCCCCCCCCCCCCCC)CC1)CC(O)CCCCCCCCCCCCCCC. The van der Waals surface area contributed by atoms with Crippen LogP contribution in [0.15, 0.2) is 0 Å². The van der Waals surface area contributed by atoms with Crippen molar-refractivity contribution in [2.75, 3.05) is 63.9 Å². The quantitative estimate of drug-likeness (QED) is 0.0411. The number of unbranched alkanes of at least 4 members (excludes halogenated alkanes) is 36. The van der Waals surface area contributed by atoms with Gasteiger partial charge in [-0.1, -0.05) is 286 Å². The zero-order valence-electron chi connectivity index (χ0n) is 45.0. The third kappa shape index (κ3) is 44.4. The van der Waals surface area contributed by atoms with Gasteiger partial charge >= 0.3 is 0 Å². The van der Waals surface area contributed by atoms with Crippen molar-refractivity contribution in [1.82, 2.24) is 14.7 Å². The van der Waals surface area contributed by atoms with Crippen molar-refractivity contribution in [2.24, 2.45) is 0 Å². The summed E-state index contributed by atoms with van der Waals surface area (Å²) >= 11 is 0. The van der Waals surface area contributed by atoms with E-state index in [4.69, 9.17) is 0 Å². The average molecular weight is 971 g/mol. The molecule has 6 nitrogen and oxygen atoms in total. The number of aliphatic hydroxyl groups is 3. The van der Waals surface area contributed by atoms with Crippen molar-refractivity contribution in [3.8, 4) is 0 Å². The average Bonchev–Trinajstić information content (AvgIpc) is 3.32. The summed E-state index contributed by atoms with van der Waals surface area (Å²) in [6.07, 6.45) is 54.8. The second-order valence-corrected chi connectivity index (χ2v) is 23.9. The molecule has 1 saturated heterocycles. The smallest absolute Gasteiger partial charge is 0.107 e. The Morgan fingerprint density at radius 2 is 0.652 bits per heavy atom. The van der Waals surface area contributed by atoms with Gasteiger partial charge in [0.25, 0.3) is 0 Å². The van der Waals surface area contributed by atoms with Gasteiger partial charge in [-0.15, -0.1) is 0 Å². The fourth-order valence-electron chi connectivity index (χ4n) is 10.1. The van der Waals surface area contributed by atoms with Gasteiger partial charge in [-0.3, -0.25) is 14.7 Å². The van der Waals surface area contributed by atoms with Crippen LogP contribution in [0.5, 0.6) is 0 Å². The molecule has 1 rings (SSSR count). The summed E-state index contributed by atoms with van der Waals surface area (Å²) in [4.78, 5) is 7.26. The minimum absolute atomic E-state index is 0.270. The molecule has 0 radical (unpaired) electrons. The standard InChI is InChI=1S/C58H119N3O3S2/c1-4-7-10-13-16-19-22-25-28-31-34-37-40-43-56(62)54-60(55-57(63)44-41-38-35-32-29-26-23-20-17-14-11-8-5-2)51-53-66-65-52-50-59-46-48-61(49-47-59)58(64)45-42-39-36-33-30-27-24-21-18-15-12-9-6-3/h56-58,62-64H,4-55H2,1-3H3. The molecule has 0 spiro atoms. The molecule has 396 valence electrons. The number of piperazine rings is 1. The van der Waals surface area contributed by atoms with Crippen molar-refractivity contribution in [3.05, 3.63) is 0 Å². The maximum atomic E-state index is 11.1. The molecular weight excluding hydrogens is 851 g/mol. The molecule has 0 aromatic carbocycles. The normalized spacial score (nSPS) is 15.3. The Kier molecular flexibility index (Phi) is 50.6. The first kappa shape index (κ1) is 64.5. The first-order valence-corrected chi connectivity index (χ1v) is 32.5. The Labute approximate surface area is 422 Å². The van der Waals surface area contributed by atoms with Gasteiger partial charge in [0.1, 0.15) is 6.23 Å². The zero-order valence-corrected chi connectivity index (χ0v) is 46.6. The lowest BCUT2D eigenvalue weighted by atomic mass is 10.0. The first-order chi connectivity index (χ1) is 32.5. The summed E-state index contributed by atoms with van der Waals surface area (Å²) in [6.45, 7) is 14.4. The molecule has 1 aliphatic rings. The Balaban J connectivity index is 2.25. The van der Waals surface area contributed by atoms with E-state index in [0.717, 1.165) is 89.3 Å². The molecule has 0 aromatic rings. The molecule has 0 aromatic heterocycles. The van der Waals surface area contributed by atoms with Crippen LogP contribution in [0.2, 0.25) is 0 Å². The number of rotatable bonds is 54. The number of nitrogens with zero attached hydrogens (tertiary/aromatic N) is 3. The number of hydrogen-bond donors (Lipinski definition) is 3. The van der Waals surface area contributed by atoms with E-state index < -0.39 is 0 Å². The van der Waals surface area contributed by atoms with E-state index in [1.54, 1.807) is 0 Å². The largest absolute Gasteiger partial charge is 0.392 e. The van der Waals surface area contributed by atoms with E-state index in [-0.39, 0.29) is 18.4 Å². The second kappa shape index (κ2) is 51.8. The van der Waals surface area contributed by atoms with Gasteiger partial charge in [-0.2, -0.15) is 0 Å². The summed E-state index contributed by atoms with van der Waals surface area (Å²) in [5.41, 5.74) is 0. The highest BCUT2D eigenvalue weighted by Gasteiger charge is 2.22. The lowest BCUT2D eigenvalue weighted by molar-refractivity contribution is -0.0300. The van der Waals surface area contributed by atoms with Gasteiger partial charge in [-0.25, -0.2) is 0 Å². The maximum Gasteiger partial charge on any atom is 0.107 e. The van der Waals surface area contributed by atoms with Crippen LogP contribution < -0.4 is 0 Å². The number of aliphatic hydroxyl groups excluding tert-OH is 3. The Hall–Kier alpha value is 0.460. The highest BCUT2D eigenvalue weighted by molar-refractivity contribution is 8.76. The molecule has 66 heavy (non-hydrogen) atoms. The second-order valence-electron chi connectivity index (χ2n) is 21.2. The molecule has 3 N–H and O–H groups in total. The molecule has 0 amide bonds. The van der Waals surface area contributed by atoms with E-state index >= 15 is 0 Å². The van der Waals surface area contributed by atoms with Gasteiger partial charge in [-0.05, 0) is 25.7 Å². The van der Waals surface area contributed by atoms with Crippen LogP contribution in [0, 0.1) is 0 Å². The van der Waals surface area contributed by atoms with Crippen LogP contribution in [-0.4, -0.2) is 112 Å². The predicted octanol–water partition coefficient (Wildman–Crippen LogP) is 16.8. The van der Waals surface area contributed by atoms with E-state index in [1.807, 2.05) is 21.6 Å². The molecular formula is C58H119N3O3S2. The molecule has 1 aliphatic heterocycles. The number of hydrogen-bond acceptors (Lipinski definition) is 8. The molecule has 1 heterocycles. The van der Waals surface area contributed by atoms with Crippen molar-refractivity contribution >= 4 is 21.6 Å². The lowest BCUT2D eigenvalue weighted by Gasteiger charge is -2.37. The van der Waals surface area contributed by atoms with E-state index in [2.05, 4.69) is 35.5 Å². The molecule has 8 heteroatoms. The van der Waals surface area contributed by atoms with Gasteiger partial charge in [0.15, 0.2) is 0 Å². The van der Waals surface area contributed by atoms with Gasteiger partial charge in [0.2, 0.25) is 0 Å². The van der Waals surface area contributed by atoms with Gasteiger partial charge in [0, 0.05) is 63.9 Å². The van der Waals surface area contributed by atoms with Crippen LogP contribution in [-0.2, 0) is 0 Å². The first-order valence-electron chi connectivity index (χ1n) is 30.0. The predicted molar refractivity (Wildman–Crippen MR) is 298 cm³/mol. The van der Waals surface area contributed by atoms with Crippen LogP contribution >= 0.6 is 21.6 Å². The summed E-state index contributed by atoms with van der Waals surface area (Å²) in [6, 6.07) is 0. The highest BCUT2D eigenvalue weighted by atomic mass is 33.1. The van der Waals surface area contributed by atoms with E-state index in [1.165, 1.54) is 231 Å². The summed E-state index contributed by atoms with van der Waals surface area (Å²) in [7, 11) is 3.95. The van der Waals surface area contributed by atoms with Gasteiger partial charge < -0.3 is 15.3 Å². The Morgan fingerprint density at radius 1 is 0.364 bits per heavy atom. The molecule has 1 fully saturated rings. The van der Waals surface area contributed by atoms with E-state index in [9.17, 15) is 15.3 Å². The van der Waals surface area contributed by atoms with Crippen molar-refractivity contribution in [3.63, 3.8) is 0 Å².